The Labute approximate surface area is 129 Å². The molecule has 0 saturated carbocycles. The van der Waals surface area contributed by atoms with Gasteiger partial charge in [-0.05, 0) is 25.2 Å². The molecule has 110 valence electrons. The van der Waals surface area contributed by atoms with Crippen molar-refractivity contribution in [1.82, 2.24) is 9.97 Å². The molecule has 0 aromatic carbocycles. The molecule has 0 fully saturated rings. The summed E-state index contributed by atoms with van der Waals surface area (Å²) in [7, 11) is 0. The van der Waals surface area contributed by atoms with Gasteiger partial charge in [-0.1, -0.05) is 27.7 Å². The summed E-state index contributed by atoms with van der Waals surface area (Å²) in [5, 5.41) is 7.76. The van der Waals surface area contributed by atoms with Crippen LogP contribution in [0.2, 0.25) is 0 Å². The number of aromatic nitrogens is 2. The number of aryl methyl sites for hydroxylation is 1. The molecule has 0 atom stereocenters. The highest BCUT2D eigenvalue weighted by molar-refractivity contribution is 7.16. The molecule has 0 bridgehead atoms. The Hall–Kier alpha value is -0.940. The average molecular weight is 310 g/mol. The zero-order chi connectivity index (χ0) is 14.5. The van der Waals surface area contributed by atoms with Crippen molar-refractivity contribution in [3.8, 4) is 10.6 Å². The van der Waals surface area contributed by atoms with Crippen LogP contribution in [0.5, 0.6) is 0 Å². The fraction of sp³-hybridized carbons (Fsp3) is 0.600. The van der Waals surface area contributed by atoms with E-state index in [4.69, 9.17) is 9.97 Å². The maximum absolute atomic E-state index is 4.81. The molecule has 5 heteroatoms. The van der Waals surface area contributed by atoms with Crippen molar-refractivity contribution < 1.29 is 0 Å². The first-order valence-corrected chi connectivity index (χ1v) is 9.04. The molecule has 0 unspecified atom stereocenters. The van der Waals surface area contributed by atoms with Crippen molar-refractivity contribution in [3.63, 3.8) is 0 Å². The van der Waals surface area contributed by atoms with Gasteiger partial charge < -0.3 is 5.32 Å². The smallest absolute Gasteiger partial charge is 0.183 e. The van der Waals surface area contributed by atoms with E-state index >= 15 is 0 Å². The molecular weight excluding hydrogens is 286 g/mol. The predicted molar refractivity (Wildman–Crippen MR) is 90.1 cm³/mol. The summed E-state index contributed by atoms with van der Waals surface area (Å²) in [5.41, 5.74) is 2.28. The van der Waals surface area contributed by atoms with Gasteiger partial charge in [-0.3, -0.25) is 0 Å². The van der Waals surface area contributed by atoms with Gasteiger partial charge in [-0.2, -0.15) is 0 Å². The van der Waals surface area contributed by atoms with Crippen LogP contribution in [-0.2, 0) is 6.42 Å². The van der Waals surface area contributed by atoms with Crippen LogP contribution in [0.4, 0.5) is 5.13 Å². The zero-order valence-electron chi connectivity index (χ0n) is 12.7. The van der Waals surface area contributed by atoms with Crippen LogP contribution < -0.4 is 5.32 Å². The van der Waals surface area contributed by atoms with E-state index in [9.17, 15) is 0 Å². The second-order valence-corrected chi connectivity index (χ2v) is 7.13. The fourth-order valence-electron chi connectivity index (χ4n) is 1.96. The summed E-state index contributed by atoms with van der Waals surface area (Å²) < 4.78 is 0. The zero-order valence-corrected chi connectivity index (χ0v) is 14.3. The van der Waals surface area contributed by atoms with Gasteiger partial charge in [0.15, 0.2) is 5.13 Å². The second kappa shape index (κ2) is 7.18. The van der Waals surface area contributed by atoms with Gasteiger partial charge in [0.2, 0.25) is 0 Å². The van der Waals surface area contributed by atoms with Crippen LogP contribution >= 0.6 is 22.7 Å². The Balaban J connectivity index is 2.28. The number of thiazole rings is 2. The first-order chi connectivity index (χ1) is 9.65. The molecule has 0 aliphatic carbocycles. The van der Waals surface area contributed by atoms with Crippen LogP contribution in [0.25, 0.3) is 10.6 Å². The van der Waals surface area contributed by atoms with E-state index in [1.54, 1.807) is 11.3 Å². The normalized spacial score (nSPS) is 11.2. The Morgan fingerprint density at radius 1 is 1.20 bits per heavy atom. The van der Waals surface area contributed by atoms with Crippen LogP contribution in [0.1, 0.15) is 57.2 Å². The van der Waals surface area contributed by atoms with Crippen LogP contribution in [-0.4, -0.2) is 16.5 Å². The molecule has 0 aliphatic heterocycles. The summed E-state index contributed by atoms with van der Waals surface area (Å²) in [6, 6.07) is 0. The lowest BCUT2D eigenvalue weighted by Gasteiger charge is -2.02. The summed E-state index contributed by atoms with van der Waals surface area (Å²) in [6.07, 6.45) is 3.33. The van der Waals surface area contributed by atoms with Crippen molar-refractivity contribution in [2.75, 3.05) is 11.9 Å². The minimum Gasteiger partial charge on any atom is -0.362 e. The third-order valence-electron chi connectivity index (χ3n) is 2.97. The third-order valence-corrected chi connectivity index (χ3v) is 4.92. The SMILES string of the molecule is CCCNc1nc(-c2sc(CCC)nc2C(C)C)cs1. The second-order valence-electron chi connectivity index (χ2n) is 5.19. The van der Waals surface area contributed by atoms with Crippen LogP contribution in [0, 0.1) is 0 Å². The maximum Gasteiger partial charge on any atom is 0.183 e. The van der Waals surface area contributed by atoms with Gasteiger partial charge in [0, 0.05) is 11.9 Å². The molecule has 0 spiro atoms. The third kappa shape index (κ3) is 3.58. The fourth-order valence-corrected chi connectivity index (χ4v) is 4.05. The highest BCUT2D eigenvalue weighted by Gasteiger charge is 2.17. The lowest BCUT2D eigenvalue weighted by atomic mass is 10.1. The molecule has 0 radical (unpaired) electrons. The van der Waals surface area contributed by atoms with E-state index in [1.807, 2.05) is 11.3 Å². The van der Waals surface area contributed by atoms with Gasteiger partial charge in [-0.25, -0.2) is 9.97 Å². The molecule has 0 saturated heterocycles. The van der Waals surface area contributed by atoms with E-state index in [0.29, 0.717) is 5.92 Å². The highest BCUT2D eigenvalue weighted by atomic mass is 32.1. The van der Waals surface area contributed by atoms with Gasteiger partial charge in [-0.15, -0.1) is 22.7 Å². The topological polar surface area (TPSA) is 37.8 Å². The average Bonchev–Trinajstić information content (AvgIpc) is 3.02. The molecule has 20 heavy (non-hydrogen) atoms. The summed E-state index contributed by atoms with van der Waals surface area (Å²) >= 11 is 3.49. The van der Waals surface area contributed by atoms with E-state index in [2.05, 4.69) is 38.4 Å². The molecule has 0 aliphatic rings. The lowest BCUT2D eigenvalue weighted by Crippen LogP contribution is -1.98. The van der Waals surface area contributed by atoms with E-state index in [1.165, 1.54) is 15.6 Å². The molecule has 2 rings (SSSR count). The number of rotatable bonds is 7. The van der Waals surface area contributed by atoms with Gasteiger partial charge >= 0.3 is 0 Å². The molecule has 2 aromatic heterocycles. The van der Waals surface area contributed by atoms with Crippen LogP contribution in [0.3, 0.4) is 0 Å². The summed E-state index contributed by atoms with van der Waals surface area (Å²) in [6.45, 7) is 9.76. The minimum atomic E-state index is 0.445. The number of anilines is 1. The summed E-state index contributed by atoms with van der Waals surface area (Å²) in [4.78, 5) is 10.8. The Morgan fingerprint density at radius 2 is 2.00 bits per heavy atom. The number of hydrogen-bond donors (Lipinski definition) is 1. The predicted octanol–water partition coefficient (Wildman–Crippen LogP) is 5.16. The molecule has 2 aromatic rings. The van der Waals surface area contributed by atoms with Crippen molar-refractivity contribution in [3.05, 3.63) is 16.1 Å². The van der Waals surface area contributed by atoms with Crippen molar-refractivity contribution >= 4 is 27.8 Å². The minimum absolute atomic E-state index is 0.445. The molecular formula is C15H23N3S2. The quantitative estimate of drug-likeness (QED) is 0.767. The Morgan fingerprint density at radius 3 is 2.65 bits per heavy atom. The largest absolute Gasteiger partial charge is 0.362 e. The first-order valence-electron chi connectivity index (χ1n) is 7.35. The number of nitrogens with zero attached hydrogens (tertiary/aromatic N) is 2. The summed E-state index contributed by atoms with van der Waals surface area (Å²) in [5.74, 6) is 0.445. The monoisotopic (exact) mass is 309 g/mol. The standard InChI is InChI=1S/C15H23N3S2/c1-5-7-12-18-13(10(3)4)14(20-12)11-9-19-15(17-11)16-8-6-2/h9-10H,5-8H2,1-4H3,(H,16,17). The van der Waals surface area contributed by atoms with Gasteiger partial charge in [0.25, 0.3) is 0 Å². The Kier molecular flexibility index (Phi) is 5.54. The maximum atomic E-state index is 4.81. The highest BCUT2D eigenvalue weighted by Crippen LogP contribution is 2.36. The van der Waals surface area contributed by atoms with Crippen molar-refractivity contribution in [2.24, 2.45) is 0 Å². The molecule has 2 heterocycles. The van der Waals surface area contributed by atoms with Crippen molar-refractivity contribution in [2.45, 2.75) is 52.9 Å². The van der Waals surface area contributed by atoms with Gasteiger partial charge in [0.05, 0.1) is 21.3 Å². The Bertz CT molecular complexity index is 543. The molecule has 1 N–H and O–H groups in total. The van der Waals surface area contributed by atoms with E-state index < -0.39 is 0 Å². The van der Waals surface area contributed by atoms with E-state index in [0.717, 1.165) is 36.6 Å². The van der Waals surface area contributed by atoms with Crippen molar-refractivity contribution in [1.29, 1.82) is 0 Å². The van der Waals surface area contributed by atoms with E-state index in [-0.39, 0.29) is 0 Å². The molecule has 0 amide bonds. The van der Waals surface area contributed by atoms with Gasteiger partial charge in [0.1, 0.15) is 0 Å². The number of hydrogen-bond acceptors (Lipinski definition) is 5. The molecule has 3 nitrogen and oxygen atoms in total. The number of nitrogens with one attached hydrogen (secondary N) is 1. The van der Waals surface area contributed by atoms with Crippen LogP contribution in [0.15, 0.2) is 5.38 Å². The lowest BCUT2D eigenvalue weighted by molar-refractivity contribution is 0.813. The first kappa shape index (κ1) is 15.4.